The Kier molecular flexibility index (Phi) is 6.71. The maximum Gasteiger partial charge on any atom is 0.344 e. The molecule has 0 bridgehead atoms. The molecule has 0 heterocycles. The molecule has 0 aliphatic heterocycles. The van der Waals surface area contributed by atoms with Crippen LogP contribution in [-0.2, 0) is 20.9 Å². The Bertz CT molecular complexity index is 725. The summed E-state index contributed by atoms with van der Waals surface area (Å²) in [7, 11) is 0. The van der Waals surface area contributed by atoms with Crippen molar-refractivity contribution in [3.63, 3.8) is 0 Å². The number of Topliss-reactive ketones (excluding diaryl/α,β-unsaturated/α-hetero) is 1. The van der Waals surface area contributed by atoms with Crippen molar-refractivity contribution in [2.24, 2.45) is 0 Å². The van der Waals surface area contributed by atoms with Crippen LogP contribution in [0.4, 0.5) is 0 Å². The summed E-state index contributed by atoms with van der Waals surface area (Å²) in [5.74, 6) is -0.642. The van der Waals surface area contributed by atoms with E-state index in [1.165, 1.54) is 6.92 Å². The van der Waals surface area contributed by atoms with Crippen LogP contribution in [0.3, 0.4) is 0 Å². The summed E-state index contributed by atoms with van der Waals surface area (Å²) in [5, 5.41) is 2.66. The van der Waals surface area contributed by atoms with E-state index in [-0.39, 0.29) is 24.9 Å². The lowest BCUT2D eigenvalue weighted by molar-refractivity contribution is -0.150. The average molecular weight is 341 g/mol. The second-order valence-corrected chi connectivity index (χ2v) is 5.29. The summed E-state index contributed by atoms with van der Waals surface area (Å²) in [6, 6.07) is 15.8. The molecule has 0 fully saturated rings. The van der Waals surface area contributed by atoms with Gasteiger partial charge in [0, 0.05) is 12.1 Å². The van der Waals surface area contributed by atoms with Crippen molar-refractivity contribution in [1.82, 2.24) is 5.32 Å². The molecule has 0 unspecified atom stereocenters. The van der Waals surface area contributed by atoms with Crippen LogP contribution < -0.4 is 10.1 Å². The number of hydrogen-bond acceptors (Lipinski definition) is 5. The van der Waals surface area contributed by atoms with Crippen molar-refractivity contribution in [2.45, 2.75) is 13.5 Å². The van der Waals surface area contributed by atoms with E-state index in [1.54, 1.807) is 24.3 Å². The van der Waals surface area contributed by atoms with Gasteiger partial charge >= 0.3 is 5.97 Å². The van der Waals surface area contributed by atoms with Gasteiger partial charge in [0.2, 0.25) is 0 Å². The van der Waals surface area contributed by atoms with Crippen LogP contribution in [0.2, 0.25) is 0 Å². The highest BCUT2D eigenvalue weighted by atomic mass is 16.6. The molecule has 0 aromatic heterocycles. The predicted octanol–water partition coefficient (Wildman–Crippen LogP) is 2.13. The quantitative estimate of drug-likeness (QED) is 0.587. The summed E-state index contributed by atoms with van der Waals surface area (Å²) < 4.78 is 10.1. The topological polar surface area (TPSA) is 81.7 Å². The molecule has 2 aromatic rings. The molecule has 0 saturated heterocycles. The van der Waals surface area contributed by atoms with Gasteiger partial charge < -0.3 is 14.8 Å². The van der Waals surface area contributed by atoms with E-state index in [0.717, 1.165) is 5.56 Å². The van der Waals surface area contributed by atoms with Crippen LogP contribution >= 0.6 is 0 Å². The predicted molar refractivity (Wildman–Crippen MR) is 91.2 cm³/mol. The Morgan fingerprint density at radius 3 is 2.24 bits per heavy atom. The van der Waals surface area contributed by atoms with Gasteiger partial charge in [-0.3, -0.25) is 9.59 Å². The van der Waals surface area contributed by atoms with E-state index >= 15 is 0 Å². The maximum absolute atomic E-state index is 11.6. The molecule has 0 spiro atoms. The number of nitrogens with one attached hydrogen (secondary N) is 1. The van der Waals surface area contributed by atoms with Crippen LogP contribution in [0, 0.1) is 0 Å². The first kappa shape index (κ1) is 18.2. The van der Waals surface area contributed by atoms with Crippen LogP contribution in [0.25, 0.3) is 0 Å². The number of ether oxygens (including phenoxy) is 2. The molecule has 6 nitrogen and oxygen atoms in total. The summed E-state index contributed by atoms with van der Waals surface area (Å²) in [4.78, 5) is 34.4. The van der Waals surface area contributed by atoms with E-state index in [4.69, 9.17) is 9.47 Å². The zero-order valence-electron chi connectivity index (χ0n) is 13.9. The first-order valence-electron chi connectivity index (χ1n) is 7.74. The molecule has 25 heavy (non-hydrogen) atoms. The third kappa shape index (κ3) is 6.47. The summed E-state index contributed by atoms with van der Waals surface area (Å²) in [6.07, 6.45) is 0. The van der Waals surface area contributed by atoms with E-state index in [2.05, 4.69) is 5.32 Å². The van der Waals surface area contributed by atoms with Crippen molar-refractivity contribution < 1.29 is 23.9 Å². The normalized spacial score (nSPS) is 9.96. The fourth-order valence-electron chi connectivity index (χ4n) is 1.96. The van der Waals surface area contributed by atoms with Crippen LogP contribution in [0.15, 0.2) is 54.6 Å². The van der Waals surface area contributed by atoms with Crippen molar-refractivity contribution in [1.29, 1.82) is 0 Å². The Morgan fingerprint density at radius 2 is 1.60 bits per heavy atom. The molecular formula is C19H19NO5. The Labute approximate surface area is 145 Å². The molecule has 1 amide bonds. The highest BCUT2D eigenvalue weighted by Gasteiger charge is 2.09. The molecule has 0 aliphatic carbocycles. The molecular weight excluding hydrogens is 322 g/mol. The van der Waals surface area contributed by atoms with Crippen LogP contribution in [0.1, 0.15) is 22.8 Å². The van der Waals surface area contributed by atoms with E-state index < -0.39 is 5.97 Å². The standard InChI is InChI=1S/C19H19NO5/c1-14(21)16-7-9-17(10-8-16)24-13-19(23)25-12-18(22)20-11-15-5-3-2-4-6-15/h2-10H,11-13H2,1H3,(H,20,22). The average Bonchev–Trinajstić information content (AvgIpc) is 2.64. The van der Waals surface area contributed by atoms with Gasteiger partial charge in [0.05, 0.1) is 0 Å². The number of carbonyl (C=O) groups excluding carboxylic acids is 3. The monoisotopic (exact) mass is 341 g/mol. The van der Waals surface area contributed by atoms with Crippen LogP contribution in [0.5, 0.6) is 5.75 Å². The molecule has 6 heteroatoms. The number of rotatable bonds is 8. The fourth-order valence-corrected chi connectivity index (χ4v) is 1.96. The lowest BCUT2D eigenvalue weighted by atomic mass is 10.1. The van der Waals surface area contributed by atoms with E-state index in [1.807, 2.05) is 30.3 Å². The van der Waals surface area contributed by atoms with Crippen molar-refractivity contribution in [2.75, 3.05) is 13.2 Å². The maximum atomic E-state index is 11.6. The second-order valence-electron chi connectivity index (χ2n) is 5.29. The highest BCUT2D eigenvalue weighted by Crippen LogP contribution is 2.12. The Balaban J connectivity index is 1.66. The lowest BCUT2D eigenvalue weighted by Crippen LogP contribution is -2.29. The minimum Gasteiger partial charge on any atom is -0.482 e. The van der Waals surface area contributed by atoms with Gasteiger partial charge in [-0.05, 0) is 36.8 Å². The van der Waals surface area contributed by atoms with Gasteiger partial charge in [-0.2, -0.15) is 0 Å². The SMILES string of the molecule is CC(=O)c1ccc(OCC(=O)OCC(=O)NCc2ccccc2)cc1. The van der Waals surface area contributed by atoms with Gasteiger partial charge in [0.15, 0.2) is 19.0 Å². The van der Waals surface area contributed by atoms with Gasteiger partial charge in [-0.1, -0.05) is 30.3 Å². The number of amides is 1. The van der Waals surface area contributed by atoms with Crippen molar-refractivity contribution in [3.8, 4) is 5.75 Å². The summed E-state index contributed by atoms with van der Waals surface area (Å²) in [6.45, 7) is 1.16. The third-order valence-electron chi connectivity index (χ3n) is 3.31. The highest BCUT2D eigenvalue weighted by molar-refractivity contribution is 5.94. The summed E-state index contributed by atoms with van der Waals surface area (Å²) >= 11 is 0. The number of hydrogen-bond donors (Lipinski definition) is 1. The van der Waals surface area contributed by atoms with Gasteiger partial charge in [-0.25, -0.2) is 4.79 Å². The van der Waals surface area contributed by atoms with Gasteiger partial charge in [0.25, 0.3) is 5.91 Å². The fraction of sp³-hybridized carbons (Fsp3) is 0.211. The lowest BCUT2D eigenvalue weighted by Gasteiger charge is -2.08. The van der Waals surface area contributed by atoms with Gasteiger partial charge in [-0.15, -0.1) is 0 Å². The minimum absolute atomic E-state index is 0.0486. The second kappa shape index (κ2) is 9.22. The largest absolute Gasteiger partial charge is 0.482 e. The van der Waals surface area contributed by atoms with Crippen LogP contribution in [-0.4, -0.2) is 30.9 Å². The molecule has 0 atom stereocenters. The van der Waals surface area contributed by atoms with Gasteiger partial charge in [0.1, 0.15) is 5.75 Å². The van der Waals surface area contributed by atoms with E-state index in [9.17, 15) is 14.4 Å². The third-order valence-corrected chi connectivity index (χ3v) is 3.31. The molecule has 0 radical (unpaired) electrons. The number of esters is 1. The molecule has 0 aliphatic rings. The first-order chi connectivity index (χ1) is 12.0. The number of benzene rings is 2. The Hall–Kier alpha value is -3.15. The Morgan fingerprint density at radius 1 is 0.920 bits per heavy atom. The smallest absolute Gasteiger partial charge is 0.344 e. The molecule has 130 valence electrons. The zero-order valence-corrected chi connectivity index (χ0v) is 13.9. The van der Waals surface area contributed by atoms with Crippen molar-refractivity contribution >= 4 is 17.7 Å². The molecule has 0 saturated carbocycles. The first-order valence-corrected chi connectivity index (χ1v) is 7.74. The minimum atomic E-state index is -0.648. The zero-order chi connectivity index (χ0) is 18.1. The van der Waals surface area contributed by atoms with Crippen molar-refractivity contribution in [3.05, 3.63) is 65.7 Å². The number of carbonyl (C=O) groups is 3. The molecule has 2 aromatic carbocycles. The molecule has 2 rings (SSSR count). The van der Waals surface area contributed by atoms with E-state index in [0.29, 0.717) is 17.9 Å². The number of ketones is 1. The summed E-state index contributed by atoms with van der Waals surface area (Å²) in [5.41, 5.74) is 1.52. The molecule has 1 N–H and O–H groups in total.